The Balaban J connectivity index is 0.00000320. The van der Waals surface area contributed by atoms with Crippen LogP contribution < -0.4 is 0 Å². The average Bonchev–Trinajstić information content (AvgIpc) is 3.04. The van der Waals surface area contributed by atoms with E-state index in [1.165, 1.54) is 101 Å². The number of unbranched alkanes of at least 4 members (excludes halogenated alkanes) is 10. The van der Waals surface area contributed by atoms with Gasteiger partial charge in [0.2, 0.25) is 0 Å². The Morgan fingerprint density at radius 2 is 0.867 bits per heavy atom. The molecule has 0 radical (unpaired) electrons. The summed E-state index contributed by atoms with van der Waals surface area (Å²) in [5, 5.41) is 0. The minimum absolute atomic E-state index is 0. The fraction of sp³-hybridized carbons (Fsp3) is 0.586. The predicted octanol–water partition coefficient (Wildman–Crippen LogP) is 8.00. The van der Waals surface area contributed by atoms with Crippen LogP contribution in [-0.2, 0) is 5.41 Å². The van der Waals surface area contributed by atoms with Crippen LogP contribution in [0.15, 0.2) is 48.5 Å². The van der Waals surface area contributed by atoms with Crippen molar-refractivity contribution >= 4 is 17.6 Å². The van der Waals surface area contributed by atoms with Crippen LogP contribution in [0.5, 0.6) is 0 Å². The first kappa shape index (κ1) is 25.2. The molecule has 0 atom stereocenters. The van der Waals surface area contributed by atoms with Crippen molar-refractivity contribution in [1.29, 1.82) is 0 Å². The molecule has 0 heterocycles. The van der Waals surface area contributed by atoms with E-state index >= 15 is 0 Å². The van der Waals surface area contributed by atoms with Gasteiger partial charge in [-0.05, 0) is 35.1 Å². The van der Waals surface area contributed by atoms with E-state index in [2.05, 4.69) is 62.4 Å². The molecule has 0 amide bonds. The van der Waals surface area contributed by atoms with E-state index < -0.39 is 0 Å². The molecule has 0 aromatic heterocycles. The van der Waals surface area contributed by atoms with E-state index in [0.717, 1.165) is 0 Å². The van der Waals surface area contributed by atoms with E-state index in [-0.39, 0.29) is 23.0 Å². The zero-order valence-electron chi connectivity index (χ0n) is 19.0. The first-order valence-electron chi connectivity index (χ1n) is 12.5. The third kappa shape index (κ3) is 6.03. The van der Waals surface area contributed by atoms with Crippen LogP contribution in [0.3, 0.4) is 0 Å². The molecular weight excluding hydrogens is 421 g/mol. The Morgan fingerprint density at radius 1 is 0.500 bits per heavy atom. The summed E-state index contributed by atoms with van der Waals surface area (Å²) in [6.07, 6.45) is 19.3. The summed E-state index contributed by atoms with van der Waals surface area (Å²) < 4.78 is 0. The number of fused-ring (bicyclic) bond motifs is 3. The predicted molar refractivity (Wildman–Crippen MR) is 140 cm³/mol. The molecule has 0 saturated carbocycles. The van der Waals surface area contributed by atoms with E-state index in [1.807, 2.05) is 0 Å². The van der Waals surface area contributed by atoms with Crippen LogP contribution in [0.25, 0.3) is 11.1 Å². The summed E-state index contributed by atoms with van der Waals surface area (Å²) in [4.78, 5) is 0. The topological polar surface area (TPSA) is 0 Å². The summed E-state index contributed by atoms with van der Waals surface area (Å²) >= 11 is 0. The maximum atomic E-state index is 2.43. The van der Waals surface area contributed by atoms with Crippen molar-refractivity contribution in [2.45, 2.75) is 109 Å². The van der Waals surface area contributed by atoms with Crippen molar-refractivity contribution in [2.75, 3.05) is 0 Å². The monoisotopic (exact) mass is 468 g/mol. The second kappa shape index (κ2) is 13.4. The molecule has 0 bridgehead atoms. The van der Waals surface area contributed by atoms with Crippen molar-refractivity contribution < 1.29 is 0 Å². The second-order valence-electron chi connectivity index (χ2n) is 9.21. The summed E-state index contributed by atoms with van der Waals surface area (Å²) in [5.74, 6) is 0. The van der Waals surface area contributed by atoms with Gasteiger partial charge in [-0.1, -0.05) is 139 Å². The first-order chi connectivity index (χ1) is 14.3. The van der Waals surface area contributed by atoms with Crippen molar-refractivity contribution in [3.05, 3.63) is 59.7 Å². The van der Waals surface area contributed by atoms with E-state index in [4.69, 9.17) is 0 Å². The minimum atomic E-state index is 0. The van der Waals surface area contributed by atoms with Gasteiger partial charge in [-0.15, -0.1) is 0 Å². The molecule has 0 nitrogen and oxygen atoms in total. The molecule has 0 aliphatic heterocycles. The number of hydrogen-bond donors (Lipinski definition) is 0. The van der Waals surface area contributed by atoms with Crippen molar-refractivity contribution in [3.8, 4) is 11.1 Å². The van der Waals surface area contributed by atoms with E-state index in [1.54, 1.807) is 11.1 Å². The molecule has 0 spiro atoms. The first-order valence-corrected chi connectivity index (χ1v) is 12.5. The molecule has 3 rings (SSSR count). The fourth-order valence-corrected chi connectivity index (χ4v) is 5.49. The zero-order chi connectivity index (χ0) is 20.4. The molecule has 0 N–H and O–H groups in total. The van der Waals surface area contributed by atoms with Gasteiger partial charge < -0.3 is 0 Å². The van der Waals surface area contributed by atoms with Crippen LogP contribution >= 0.6 is 0 Å². The van der Waals surface area contributed by atoms with Gasteiger partial charge in [0.25, 0.3) is 0 Å². The van der Waals surface area contributed by atoms with Gasteiger partial charge in [0, 0.05) is 5.41 Å². The number of hydrogen-bond acceptors (Lipinski definition) is 0. The fourth-order valence-electron chi connectivity index (χ4n) is 5.49. The summed E-state index contributed by atoms with van der Waals surface area (Å²) in [6.45, 7) is 4.61. The molecule has 0 fully saturated rings. The number of benzene rings is 2. The summed E-state index contributed by atoms with van der Waals surface area (Å²) in [6, 6.07) is 18.6. The Hall–Kier alpha value is -1.02. The normalized spacial score (nSPS) is 13.5. The molecule has 1 heteroatoms. The van der Waals surface area contributed by atoms with Crippen LogP contribution in [0.4, 0.5) is 0 Å². The molecule has 0 unspecified atom stereocenters. The molecule has 0 saturated heterocycles. The Bertz CT molecular complexity index is 669. The molecule has 1 aliphatic carbocycles. The Kier molecular flexibility index (Phi) is 11.3. The van der Waals surface area contributed by atoms with Gasteiger partial charge in [0.15, 0.2) is 0 Å². The Labute approximate surface area is 197 Å². The van der Waals surface area contributed by atoms with Crippen molar-refractivity contribution in [1.82, 2.24) is 0 Å². The Morgan fingerprint density at radius 3 is 1.30 bits per heavy atom. The van der Waals surface area contributed by atoms with Gasteiger partial charge in [-0.2, -0.15) is 0 Å². The molecule has 1 aliphatic rings. The maximum absolute atomic E-state index is 2.43. The number of rotatable bonds is 14. The third-order valence-electron chi connectivity index (χ3n) is 7.09. The van der Waals surface area contributed by atoms with Gasteiger partial charge in [0.05, 0.1) is 0 Å². The van der Waals surface area contributed by atoms with Crippen molar-refractivity contribution in [3.63, 3.8) is 0 Å². The van der Waals surface area contributed by atoms with Gasteiger partial charge in [0.1, 0.15) is 0 Å². The van der Waals surface area contributed by atoms with Gasteiger partial charge in [-0.3, -0.25) is 0 Å². The van der Waals surface area contributed by atoms with Crippen LogP contribution in [0, 0.1) is 0 Å². The van der Waals surface area contributed by atoms with Gasteiger partial charge in [-0.25, -0.2) is 0 Å². The molecule has 30 heavy (non-hydrogen) atoms. The quantitative estimate of drug-likeness (QED) is 0.195. The molecular formula is C29H46Ge. The molecule has 2 aromatic rings. The van der Waals surface area contributed by atoms with Crippen LogP contribution in [0.2, 0.25) is 0 Å². The second-order valence-corrected chi connectivity index (χ2v) is 9.21. The molecule has 166 valence electrons. The third-order valence-corrected chi connectivity index (χ3v) is 7.09. The van der Waals surface area contributed by atoms with Crippen LogP contribution in [-0.4, -0.2) is 17.6 Å². The van der Waals surface area contributed by atoms with E-state index in [9.17, 15) is 0 Å². The standard InChI is InChI=1S/C29H42.GeH4/c1-3-5-7-9-11-17-23-29(24-18-12-10-8-6-4-2)27-21-15-13-19-25(27)26-20-14-16-22-28(26)29;/h13-16,19-22H,3-12,17-18,23-24H2,1-2H3;1H4. The van der Waals surface area contributed by atoms with E-state index in [0.29, 0.717) is 0 Å². The average molecular weight is 467 g/mol. The van der Waals surface area contributed by atoms with Crippen LogP contribution in [0.1, 0.15) is 115 Å². The zero-order valence-corrected chi connectivity index (χ0v) is 19.0. The summed E-state index contributed by atoms with van der Waals surface area (Å²) in [5.41, 5.74) is 6.48. The SMILES string of the molecule is CCCCCCCCC1(CCCCCCCC)c2ccccc2-c2ccccc21.[GeH4]. The molecule has 2 aromatic carbocycles. The van der Waals surface area contributed by atoms with Gasteiger partial charge >= 0.3 is 17.6 Å². The summed E-state index contributed by atoms with van der Waals surface area (Å²) in [7, 11) is 0. The van der Waals surface area contributed by atoms with Crippen molar-refractivity contribution in [2.24, 2.45) is 0 Å².